The summed E-state index contributed by atoms with van der Waals surface area (Å²) in [6, 6.07) is 11.3. The van der Waals surface area contributed by atoms with Gasteiger partial charge in [0.25, 0.3) is 0 Å². The number of aliphatic hydroxyl groups excluding tert-OH is 20. The number of para-hydroxylation sites is 1. The number of thioether (sulfide) groups is 1. The van der Waals surface area contributed by atoms with E-state index in [-0.39, 0.29) is 6.54 Å². The number of benzene rings is 1. The highest BCUT2D eigenvalue weighted by atomic mass is 32.2. The lowest BCUT2D eigenvalue weighted by atomic mass is 9.95. The molecule has 37 heteroatoms. The van der Waals surface area contributed by atoms with Crippen LogP contribution in [0.1, 0.15) is 5.56 Å². The van der Waals surface area contributed by atoms with E-state index in [0.717, 1.165) is 21.2 Å². The maximum atomic E-state index is 12.1. The van der Waals surface area contributed by atoms with Crippen LogP contribution in [0, 0.1) is 0 Å². The fraction of sp³-hybridized carbons (Fsp3) is 0.768. The van der Waals surface area contributed by atoms with Gasteiger partial charge in [-0.2, -0.15) is 0 Å². The predicted molar refractivity (Wildman–Crippen MR) is 297 cm³/mol. The highest BCUT2D eigenvalue weighted by Crippen LogP contribution is 2.46. The lowest BCUT2D eigenvalue weighted by Crippen LogP contribution is -2.68. The van der Waals surface area contributed by atoms with E-state index < -0.39 is 255 Å². The summed E-state index contributed by atoms with van der Waals surface area (Å²) >= 11 is 1.55. The molecule has 1 aromatic heterocycles. The maximum Gasteiger partial charge on any atom is 0.187 e. The van der Waals surface area contributed by atoms with Gasteiger partial charge in [-0.1, -0.05) is 23.9 Å². The Morgan fingerprint density at radius 3 is 0.849 bits per heavy atom. The second kappa shape index (κ2) is 30.2. The van der Waals surface area contributed by atoms with Crippen molar-refractivity contribution in [2.45, 2.75) is 226 Å². The average molecular weight is 1360 g/mol. The molecule has 23 heterocycles. The van der Waals surface area contributed by atoms with E-state index >= 15 is 0 Å². The van der Waals surface area contributed by atoms with E-state index in [9.17, 15) is 102 Å². The third-order valence-electron chi connectivity index (χ3n) is 18.0. The van der Waals surface area contributed by atoms with Crippen LogP contribution >= 0.6 is 11.8 Å². The molecular formula is C56H81N2O34S+. The minimum atomic E-state index is -2.21. The fourth-order valence-corrected chi connectivity index (χ4v) is 13.8. The van der Waals surface area contributed by atoms with E-state index in [1.54, 1.807) is 40.9 Å². The van der Waals surface area contributed by atoms with Crippen LogP contribution in [-0.2, 0) is 72.9 Å². The number of hydrogen-bond acceptors (Lipinski definition) is 36. The number of aromatic nitrogens is 1. The van der Waals surface area contributed by atoms with E-state index in [2.05, 4.69) is 0 Å². The predicted octanol–water partition coefficient (Wildman–Crippen LogP) is -11.7. The second-order valence-electron chi connectivity index (χ2n) is 23.9. The summed E-state index contributed by atoms with van der Waals surface area (Å²) in [4.78, 5) is 3.06. The summed E-state index contributed by atoms with van der Waals surface area (Å²) in [5, 5.41) is 226. The molecule has 24 rings (SSSR count). The van der Waals surface area contributed by atoms with E-state index in [1.807, 2.05) is 42.3 Å². The minimum absolute atomic E-state index is 0.286. The van der Waals surface area contributed by atoms with Gasteiger partial charge >= 0.3 is 0 Å². The van der Waals surface area contributed by atoms with E-state index in [1.165, 1.54) is 0 Å². The SMILES string of the molecule is CN1/C(=C/c2cc[n+](C[C@H]3O[C@@H]4O[C@H]5[C@H](O)[C@@H](O)[C@@H](O[C@H]6[C@H](O)[C@@H](O)[C@@H](O[C@H]7[C@H](O)[C@@H](O)[C@@H](O[C@H]8[C@H](O)[C@@H](O)[C@@H](O[C@H]9[C@H](O)[C@@H](O)[C@@H](O[C@H]%10[C@H](O)[C@@H](O)[C@@H](O[C@H]3[C@H](O)[C@H]4O)O[C@@H]%10CO)O[C@@H]9CO)O[C@@H]8CO)O[C@@H]7CO)O[C@@H]6CO)O[C@@H]5CO)cc2)Sc2ccccc21. The summed E-state index contributed by atoms with van der Waals surface area (Å²) in [6.07, 6.45) is -64.7. The van der Waals surface area contributed by atoms with E-state index in [0.29, 0.717) is 0 Å². The van der Waals surface area contributed by atoms with Crippen molar-refractivity contribution in [3.63, 3.8) is 0 Å². The molecule has 36 nitrogen and oxygen atoms in total. The van der Waals surface area contributed by atoms with Crippen LogP contribution < -0.4 is 9.47 Å². The lowest BCUT2D eigenvalue weighted by Gasteiger charge is -2.50. The van der Waals surface area contributed by atoms with Gasteiger partial charge in [0.05, 0.1) is 50.4 Å². The summed E-state index contributed by atoms with van der Waals surface area (Å²) < 4.78 is 83.8. The number of nitrogens with zero attached hydrogens (tertiary/aromatic N) is 2. The van der Waals surface area contributed by atoms with Gasteiger partial charge in [-0.15, -0.1) is 0 Å². The topological polar surface area (TPSA) is 541 Å². The molecule has 14 bridgehead atoms. The highest BCUT2D eigenvalue weighted by Gasteiger charge is 2.60. The summed E-state index contributed by atoms with van der Waals surface area (Å²) in [5.74, 6) is 0. The monoisotopic (exact) mass is 1360 g/mol. The van der Waals surface area contributed by atoms with Gasteiger partial charge in [0.15, 0.2) is 63.0 Å². The first kappa shape index (κ1) is 71.2. The Labute approximate surface area is 532 Å². The third kappa shape index (κ3) is 14.1. The molecule has 0 unspecified atom stereocenters. The quantitative estimate of drug-likeness (QED) is 0.104. The molecule has 524 valence electrons. The number of aliphatic hydroxyl groups is 20. The molecule has 0 saturated carbocycles. The first-order valence-corrected chi connectivity index (χ1v) is 30.9. The molecule has 0 spiro atoms. The summed E-state index contributed by atoms with van der Waals surface area (Å²) in [5.41, 5.74) is 1.75. The molecule has 35 atom stereocenters. The van der Waals surface area contributed by atoms with Gasteiger partial charge in [-0.25, -0.2) is 4.57 Å². The molecule has 21 saturated heterocycles. The lowest BCUT2D eigenvalue weighted by molar-refractivity contribution is -0.707. The Hall–Kier alpha value is -3.10. The number of rotatable bonds is 9. The molecule has 0 amide bonds. The molecule has 22 aliphatic rings. The number of anilines is 1. The summed E-state index contributed by atoms with van der Waals surface area (Å²) in [7, 11) is 1.92. The first-order valence-electron chi connectivity index (χ1n) is 30.1. The van der Waals surface area contributed by atoms with Crippen LogP contribution in [0.5, 0.6) is 0 Å². The Morgan fingerprint density at radius 1 is 0.344 bits per heavy atom. The Bertz CT molecular complexity index is 2760. The number of pyridine rings is 1. The molecular weight excluding hydrogens is 1280 g/mol. The molecule has 21 fully saturated rings. The van der Waals surface area contributed by atoms with Crippen molar-refractivity contribution >= 4 is 23.5 Å². The molecule has 22 aliphatic heterocycles. The standard InChI is InChI=1S/C56H81N2O34S/c1-57-19-4-2-3-5-27(19)93-28(57)10-18-6-8-58(9-7-18)11-20-43-29(65)36(72)50(79-20)87-44-21(12-59)81-52(38(74)31(44)67)89-46-23(14-61)83-54(40(76)33(46)69)91-48-25(16-63)85-56(42(78)35(48)71)92-49-26(17-64)84-55(41(77)34(49)70)90-47-24(15-62)82-53(39(75)32(47)68)88-45-22(13-60)80-51(86-43)37(73)30(45)66/h2-10,20-26,29-56,59-78H,11-17H2,1H3/q+1/t20-,21-,22-,23-,24-,25-,26-,29-,30-,31-,32-,33-,34-,35-,36-,37-,38-,39-,40-,41-,42-,43-,44-,45-,46-,47-,48-,49-,50-,51-,52-,53-,54-,55-,56-/m1/s1. The van der Waals surface area contributed by atoms with Gasteiger partial charge in [0, 0.05) is 24.1 Å². The molecule has 0 aliphatic carbocycles. The van der Waals surface area contributed by atoms with E-state index in [4.69, 9.17) is 66.3 Å². The van der Waals surface area contributed by atoms with Crippen molar-refractivity contribution < 1.29 is 173 Å². The molecule has 0 radical (unpaired) electrons. The van der Waals surface area contributed by atoms with Crippen LogP contribution in [0.15, 0.2) is 58.7 Å². The van der Waals surface area contributed by atoms with Crippen molar-refractivity contribution in [2.75, 3.05) is 51.6 Å². The zero-order valence-corrected chi connectivity index (χ0v) is 50.1. The Balaban J connectivity index is 0.889. The van der Waals surface area contributed by atoms with Crippen molar-refractivity contribution in [3.8, 4) is 0 Å². The molecule has 93 heavy (non-hydrogen) atoms. The maximum absolute atomic E-state index is 12.1. The van der Waals surface area contributed by atoms with Crippen molar-refractivity contribution in [2.24, 2.45) is 0 Å². The van der Waals surface area contributed by atoms with Gasteiger partial charge < -0.3 is 173 Å². The fourth-order valence-electron chi connectivity index (χ4n) is 12.7. The summed E-state index contributed by atoms with van der Waals surface area (Å²) in [6.45, 7) is -6.54. The van der Waals surface area contributed by atoms with Crippen LogP contribution in [-0.4, -0.2) is 364 Å². The number of ether oxygens (including phenoxy) is 14. The normalized spacial score (nSPS) is 48.9. The second-order valence-corrected chi connectivity index (χ2v) is 25.0. The Kier molecular flexibility index (Phi) is 23.1. The first-order chi connectivity index (χ1) is 44.5. The highest BCUT2D eigenvalue weighted by molar-refractivity contribution is 8.03. The van der Waals surface area contributed by atoms with Crippen LogP contribution in [0.3, 0.4) is 0 Å². The zero-order valence-electron chi connectivity index (χ0n) is 49.3. The molecule has 1 aromatic carbocycles. The van der Waals surface area contributed by atoms with Gasteiger partial charge in [0.1, 0.15) is 171 Å². The number of hydrogen-bond donors (Lipinski definition) is 20. The minimum Gasteiger partial charge on any atom is -0.394 e. The van der Waals surface area contributed by atoms with Gasteiger partial charge in [-0.3, -0.25) is 0 Å². The largest absolute Gasteiger partial charge is 0.394 e. The third-order valence-corrected chi connectivity index (χ3v) is 19.1. The van der Waals surface area contributed by atoms with Gasteiger partial charge in [-0.05, 0) is 23.8 Å². The van der Waals surface area contributed by atoms with Crippen molar-refractivity contribution in [3.05, 3.63) is 59.4 Å². The smallest absolute Gasteiger partial charge is 0.187 e. The number of fused-ring (bicyclic) bond motifs is 1. The van der Waals surface area contributed by atoms with Crippen LogP contribution in [0.25, 0.3) is 6.08 Å². The van der Waals surface area contributed by atoms with Crippen molar-refractivity contribution in [1.82, 2.24) is 0 Å². The zero-order chi connectivity index (χ0) is 66.6. The molecule has 20 N–H and O–H groups in total. The van der Waals surface area contributed by atoms with Gasteiger partial charge in [0.2, 0.25) is 0 Å². The van der Waals surface area contributed by atoms with Crippen LogP contribution in [0.4, 0.5) is 5.69 Å². The average Bonchev–Trinajstić information content (AvgIpc) is 1.92. The Morgan fingerprint density at radius 2 is 0.591 bits per heavy atom. The molecule has 2 aromatic rings. The van der Waals surface area contributed by atoms with Crippen LogP contribution in [0.2, 0.25) is 0 Å². The van der Waals surface area contributed by atoms with Crippen molar-refractivity contribution in [1.29, 1.82) is 0 Å².